The molecular formula is C16H22N2OS. The van der Waals surface area contributed by atoms with Gasteiger partial charge in [-0.05, 0) is 49.4 Å². The van der Waals surface area contributed by atoms with Crippen LogP contribution in [-0.4, -0.2) is 24.1 Å². The number of aliphatic imine (C=N–C) groups is 1. The van der Waals surface area contributed by atoms with E-state index >= 15 is 0 Å². The van der Waals surface area contributed by atoms with Crippen LogP contribution in [0.3, 0.4) is 0 Å². The van der Waals surface area contributed by atoms with E-state index in [0.717, 1.165) is 22.5 Å². The van der Waals surface area contributed by atoms with Crippen molar-refractivity contribution in [2.75, 3.05) is 18.2 Å². The molecule has 20 heavy (non-hydrogen) atoms. The molecule has 2 unspecified atom stereocenters. The average molecular weight is 290 g/mol. The molecule has 0 bridgehead atoms. The summed E-state index contributed by atoms with van der Waals surface area (Å²) in [7, 11) is 1.70. The van der Waals surface area contributed by atoms with Crippen molar-refractivity contribution in [1.29, 1.82) is 0 Å². The van der Waals surface area contributed by atoms with E-state index in [1.807, 2.05) is 17.8 Å². The summed E-state index contributed by atoms with van der Waals surface area (Å²) in [6.45, 7) is 2.10. The number of rotatable bonds is 2. The molecule has 0 spiro atoms. The number of thioether (sulfide) groups is 1. The Morgan fingerprint density at radius 2 is 2.15 bits per heavy atom. The van der Waals surface area contributed by atoms with E-state index in [0.29, 0.717) is 6.04 Å². The number of amidine groups is 1. The highest BCUT2D eigenvalue weighted by molar-refractivity contribution is 8.14. The van der Waals surface area contributed by atoms with Gasteiger partial charge in [0.2, 0.25) is 0 Å². The zero-order chi connectivity index (χ0) is 13.9. The first-order valence-electron chi connectivity index (χ1n) is 7.38. The molecule has 1 aromatic rings. The smallest absolute Gasteiger partial charge is 0.161 e. The first-order valence-corrected chi connectivity index (χ1v) is 8.37. The molecule has 1 heterocycles. The number of nitrogens with one attached hydrogen (secondary N) is 1. The summed E-state index contributed by atoms with van der Waals surface area (Å²) in [5, 5.41) is 4.58. The van der Waals surface area contributed by atoms with Gasteiger partial charge in [-0.2, -0.15) is 0 Å². The van der Waals surface area contributed by atoms with Gasteiger partial charge in [0.25, 0.3) is 0 Å². The van der Waals surface area contributed by atoms with Crippen molar-refractivity contribution in [3.05, 3.63) is 23.8 Å². The monoisotopic (exact) mass is 290 g/mol. The number of ether oxygens (including phenoxy) is 1. The SMILES string of the molecule is COc1ccc(NC2=NC3CCCCC3CS2)c(C)c1. The van der Waals surface area contributed by atoms with Crippen molar-refractivity contribution in [2.45, 2.75) is 38.6 Å². The van der Waals surface area contributed by atoms with E-state index in [1.54, 1.807) is 7.11 Å². The molecule has 0 aromatic heterocycles. The highest BCUT2D eigenvalue weighted by atomic mass is 32.2. The van der Waals surface area contributed by atoms with Crippen LogP contribution in [0.5, 0.6) is 5.75 Å². The van der Waals surface area contributed by atoms with Crippen molar-refractivity contribution in [2.24, 2.45) is 10.9 Å². The second-order valence-corrected chi connectivity index (χ2v) is 6.67. The van der Waals surface area contributed by atoms with Crippen LogP contribution in [0.25, 0.3) is 0 Å². The Morgan fingerprint density at radius 1 is 1.30 bits per heavy atom. The Balaban J connectivity index is 1.73. The first-order chi connectivity index (χ1) is 9.76. The third kappa shape index (κ3) is 2.95. The largest absolute Gasteiger partial charge is 0.497 e. The fraction of sp³-hybridized carbons (Fsp3) is 0.562. The molecule has 108 valence electrons. The summed E-state index contributed by atoms with van der Waals surface area (Å²) in [6.07, 6.45) is 5.34. The van der Waals surface area contributed by atoms with Crippen molar-refractivity contribution in [1.82, 2.24) is 0 Å². The van der Waals surface area contributed by atoms with Crippen molar-refractivity contribution >= 4 is 22.6 Å². The molecule has 4 heteroatoms. The molecule has 1 aliphatic carbocycles. The van der Waals surface area contributed by atoms with E-state index < -0.39 is 0 Å². The normalized spacial score (nSPS) is 25.6. The summed E-state index contributed by atoms with van der Waals surface area (Å²) >= 11 is 1.87. The summed E-state index contributed by atoms with van der Waals surface area (Å²) in [5.74, 6) is 2.92. The molecular weight excluding hydrogens is 268 g/mol. The van der Waals surface area contributed by atoms with Crippen LogP contribution in [0.15, 0.2) is 23.2 Å². The lowest BCUT2D eigenvalue weighted by atomic mass is 9.86. The van der Waals surface area contributed by atoms with E-state index in [9.17, 15) is 0 Å². The number of hydrogen-bond donors (Lipinski definition) is 1. The summed E-state index contributed by atoms with van der Waals surface area (Å²) < 4.78 is 5.25. The predicted molar refractivity (Wildman–Crippen MR) is 87.0 cm³/mol. The van der Waals surface area contributed by atoms with Crippen LogP contribution < -0.4 is 10.1 Å². The van der Waals surface area contributed by atoms with Crippen LogP contribution in [0.4, 0.5) is 5.69 Å². The lowest BCUT2D eigenvalue weighted by molar-refractivity contribution is 0.336. The molecule has 0 amide bonds. The lowest BCUT2D eigenvalue weighted by Crippen LogP contribution is -2.31. The van der Waals surface area contributed by atoms with Gasteiger partial charge in [0, 0.05) is 11.4 Å². The van der Waals surface area contributed by atoms with Gasteiger partial charge in [0.05, 0.1) is 13.2 Å². The van der Waals surface area contributed by atoms with Gasteiger partial charge in [0.15, 0.2) is 5.17 Å². The second-order valence-electron chi connectivity index (χ2n) is 5.66. The fourth-order valence-electron chi connectivity index (χ4n) is 3.01. The van der Waals surface area contributed by atoms with Crippen molar-refractivity contribution in [3.8, 4) is 5.75 Å². The van der Waals surface area contributed by atoms with Crippen molar-refractivity contribution < 1.29 is 4.74 Å². The minimum atomic E-state index is 0.547. The van der Waals surface area contributed by atoms with Gasteiger partial charge in [-0.15, -0.1) is 0 Å². The van der Waals surface area contributed by atoms with E-state index in [2.05, 4.69) is 24.4 Å². The van der Waals surface area contributed by atoms with Gasteiger partial charge in [-0.25, -0.2) is 0 Å². The second kappa shape index (κ2) is 6.08. The minimum Gasteiger partial charge on any atom is -0.497 e. The highest BCUT2D eigenvalue weighted by Gasteiger charge is 2.29. The van der Waals surface area contributed by atoms with Crippen molar-refractivity contribution in [3.63, 3.8) is 0 Å². The molecule has 0 radical (unpaired) electrons. The van der Waals surface area contributed by atoms with Gasteiger partial charge in [-0.1, -0.05) is 24.6 Å². The minimum absolute atomic E-state index is 0.547. The van der Waals surface area contributed by atoms with Crippen LogP contribution >= 0.6 is 11.8 Å². The van der Waals surface area contributed by atoms with Crippen LogP contribution in [0, 0.1) is 12.8 Å². The van der Waals surface area contributed by atoms with Crippen LogP contribution in [-0.2, 0) is 0 Å². The zero-order valence-electron chi connectivity index (χ0n) is 12.2. The molecule has 2 atom stereocenters. The van der Waals surface area contributed by atoms with Gasteiger partial charge >= 0.3 is 0 Å². The topological polar surface area (TPSA) is 33.6 Å². The van der Waals surface area contributed by atoms with E-state index in [1.165, 1.54) is 37.0 Å². The summed E-state index contributed by atoms with van der Waals surface area (Å²) in [4.78, 5) is 4.92. The molecule has 1 N–H and O–H groups in total. The Bertz CT molecular complexity index is 515. The summed E-state index contributed by atoms with van der Waals surface area (Å²) in [5.41, 5.74) is 2.32. The molecule has 1 aromatic carbocycles. The molecule has 3 rings (SSSR count). The highest BCUT2D eigenvalue weighted by Crippen LogP contribution is 2.34. The lowest BCUT2D eigenvalue weighted by Gasteiger charge is -2.32. The maximum atomic E-state index is 5.25. The number of aryl methyl sites for hydroxylation is 1. The zero-order valence-corrected chi connectivity index (χ0v) is 13.0. The molecule has 1 aliphatic heterocycles. The van der Waals surface area contributed by atoms with Gasteiger partial charge in [-0.3, -0.25) is 4.99 Å². The number of methoxy groups -OCH3 is 1. The fourth-order valence-corrected chi connectivity index (χ4v) is 4.17. The third-order valence-corrected chi connectivity index (χ3v) is 5.34. The number of hydrogen-bond acceptors (Lipinski definition) is 4. The van der Waals surface area contributed by atoms with Gasteiger partial charge in [0.1, 0.15) is 5.75 Å². The van der Waals surface area contributed by atoms with Crippen LogP contribution in [0.1, 0.15) is 31.2 Å². The average Bonchev–Trinajstić information content (AvgIpc) is 2.49. The van der Waals surface area contributed by atoms with Crippen LogP contribution in [0.2, 0.25) is 0 Å². The number of fused-ring (bicyclic) bond motifs is 1. The Labute approximate surface area is 125 Å². The standard InChI is InChI=1S/C16H22N2OS/c1-11-9-13(19-2)7-8-14(11)17-16-18-15-6-4-3-5-12(15)10-20-16/h7-9,12,15H,3-6,10H2,1-2H3,(H,17,18). The van der Waals surface area contributed by atoms with E-state index in [4.69, 9.17) is 9.73 Å². The molecule has 0 saturated heterocycles. The number of benzene rings is 1. The molecule has 1 fully saturated rings. The molecule has 3 nitrogen and oxygen atoms in total. The van der Waals surface area contributed by atoms with E-state index in [-0.39, 0.29) is 0 Å². The Morgan fingerprint density at radius 3 is 2.95 bits per heavy atom. The summed E-state index contributed by atoms with van der Waals surface area (Å²) in [6, 6.07) is 6.67. The quantitative estimate of drug-likeness (QED) is 0.891. The molecule has 2 aliphatic rings. The predicted octanol–water partition coefficient (Wildman–Crippen LogP) is 4.08. The number of nitrogens with zero attached hydrogens (tertiary/aromatic N) is 1. The Hall–Kier alpha value is -1.16. The van der Waals surface area contributed by atoms with Gasteiger partial charge < -0.3 is 10.1 Å². The maximum absolute atomic E-state index is 5.25. The molecule has 1 saturated carbocycles. The number of anilines is 1. The maximum Gasteiger partial charge on any atom is 0.161 e. The third-order valence-electron chi connectivity index (χ3n) is 4.26. The first kappa shape index (κ1) is 13.8. The Kier molecular flexibility index (Phi) is 4.20.